The van der Waals surface area contributed by atoms with E-state index in [4.69, 9.17) is 0 Å². The molecule has 4 heteroatoms. The van der Waals surface area contributed by atoms with Gasteiger partial charge in [0.1, 0.15) is 0 Å². The van der Waals surface area contributed by atoms with Crippen LogP contribution in [0.4, 0.5) is 0 Å². The SMILES string of the molecule is CC(NC1CCN(C)C(C)C1)c1cnccn1. The maximum Gasteiger partial charge on any atom is 0.0753 e. The summed E-state index contributed by atoms with van der Waals surface area (Å²) in [5.41, 5.74) is 1.03. The zero-order valence-electron chi connectivity index (χ0n) is 10.9. The fourth-order valence-electron chi connectivity index (χ4n) is 2.41. The minimum Gasteiger partial charge on any atom is -0.306 e. The van der Waals surface area contributed by atoms with E-state index in [9.17, 15) is 0 Å². The molecular weight excluding hydrogens is 212 g/mol. The standard InChI is InChI=1S/C13H22N4/c1-10-8-12(4-7-17(10)3)16-11(2)13-9-14-5-6-15-13/h5-6,9-12,16H,4,7-8H2,1-3H3. The summed E-state index contributed by atoms with van der Waals surface area (Å²) in [6.07, 6.45) is 7.74. The Balaban J connectivity index is 1.89. The monoisotopic (exact) mass is 234 g/mol. The Bertz CT molecular complexity index is 341. The van der Waals surface area contributed by atoms with Gasteiger partial charge in [-0.1, -0.05) is 0 Å². The fraction of sp³-hybridized carbons (Fsp3) is 0.692. The van der Waals surface area contributed by atoms with E-state index in [0.29, 0.717) is 12.1 Å². The minimum atomic E-state index is 0.282. The molecule has 1 aliphatic heterocycles. The highest BCUT2D eigenvalue weighted by atomic mass is 15.1. The van der Waals surface area contributed by atoms with Gasteiger partial charge in [0, 0.05) is 36.7 Å². The highest BCUT2D eigenvalue weighted by Crippen LogP contribution is 2.18. The van der Waals surface area contributed by atoms with E-state index in [0.717, 1.165) is 5.69 Å². The van der Waals surface area contributed by atoms with Gasteiger partial charge in [-0.25, -0.2) is 0 Å². The number of hydrogen-bond donors (Lipinski definition) is 1. The van der Waals surface area contributed by atoms with Crippen LogP contribution in [0, 0.1) is 0 Å². The lowest BCUT2D eigenvalue weighted by atomic mass is 9.98. The van der Waals surface area contributed by atoms with Crippen LogP contribution < -0.4 is 5.32 Å². The van der Waals surface area contributed by atoms with Crippen LogP contribution in [0.5, 0.6) is 0 Å². The molecule has 3 atom stereocenters. The third-order valence-electron chi connectivity index (χ3n) is 3.72. The summed E-state index contributed by atoms with van der Waals surface area (Å²) in [6.45, 7) is 5.62. The smallest absolute Gasteiger partial charge is 0.0753 e. The third kappa shape index (κ3) is 3.23. The van der Waals surface area contributed by atoms with Gasteiger partial charge < -0.3 is 10.2 Å². The van der Waals surface area contributed by atoms with E-state index >= 15 is 0 Å². The van der Waals surface area contributed by atoms with Crippen molar-refractivity contribution in [2.75, 3.05) is 13.6 Å². The Morgan fingerprint density at radius 2 is 2.29 bits per heavy atom. The second-order valence-corrected chi connectivity index (χ2v) is 5.07. The quantitative estimate of drug-likeness (QED) is 0.862. The van der Waals surface area contributed by atoms with Crippen molar-refractivity contribution in [2.45, 2.75) is 44.8 Å². The average Bonchev–Trinajstić information content (AvgIpc) is 2.35. The Kier molecular flexibility index (Phi) is 4.07. The van der Waals surface area contributed by atoms with Gasteiger partial charge in [-0.05, 0) is 40.3 Å². The van der Waals surface area contributed by atoms with Crippen LogP contribution in [-0.2, 0) is 0 Å². The van der Waals surface area contributed by atoms with Gasteiger partial charge in [0.05, 0.1) is 5.69 Å². The molecule has 0 amide bonds. The molecule has 94 valence electrons. The predicted octanol–water partition coefficient (Wildman–Crippen LogP) is 1.61. The fourth-order valence-corrected chi connectivity index (χ4v) is 2.41. The molecule has 2 heterocycles. The molecule has 1 aliphatic rings. The van der Waals surface area contributed by atoms with E-state index in [1.54, 1.807) is 12.4 Å². The van der Waals surface area contributed by atoms with Crippen LogP contribution in [0.15, 0.2) is 18.6 Å². The Morgan fingerprint density at radius 3 is 2.94 bits per heavy atom. The topological polar surface area (TPSA) is 41.0 Å². The van der Waals surface area contributed by atoms with E-state index in [2.05, 4.69) is 41.1 Å². The summed E-state index contributed by atoms with van der Waals surface area (Å²) in [6, 6.07) is 1.54. The molecule has 3 unspecified atom stereocenters. The first-order chi connectivity index (χ1) is 8.16. The molecule has 4 nitrogen and oxygen atoms in total. The van der Waals surface area contributed by atoms with Crippen LogP contribution in [0.1, 0.15) is 38.4 Å². The summed E-state index contributed by atoms with van der Waals surface area (Å²) in [5.74, 6) is 0. The molecule has 1 aromatic rings. The van der Waals surface area contributed by atoms with Crippen molar-refractivity contribution in [1.82, 2.24) is 20.2 Å². The van der Waals surface area contributed by atoms with Crippen LogP contribution in [0.3, 0.4) is 0 Å². The number of hydrogen-bond acceptors (Lipinski definition) is 4. The molecule has 0 saturated carbocycles. The largest absolute Gasteiger partial charge is 0.306 e. The summed E-state index contributed by atoms with van der Waals surface area (Å²) >= 11 is 0. The maximum atomic E-state index is 4.34. The van der Waals surface area contributed by atoms with Crippen molar-refractivity contribution in [3.63, 3.8) is 0 Å². The van der Waals surface area contributed by atoms with E-state index in [1.165, 1.54) is 19.4 Å². The molecular formula is C13H22N4. The normalized spacial score (nSPS) is 27.9. The third-order valence-corrected chi connectivity index (χ3v) is 3.72. The lowest BCUT2D eigenvalue weighted by Crippen LogP contribution is -2.46. The van der Waals surface area contributed by atoms with E-state index < -0.39 is 0 Å². The zero-order valence-corrected chi connectivity index (χ0v) is 10.9. The Hall–Kier alpha value is -1.00. The molecule has 1 aromatic heterocycles. The summed E-state index contributed by atoms with van der Waals surface area (Å²) in [5, 5.41) is 3.66. The lowest BCUT2D eigenvalue weighted by molar-refractivity contribution is 0.163. The van der Waals surface area contributed by atoms with Gasteiger partial charge in [0.15, 0.2) is 0 Å². The van der Waals surface area contributed by atoms with E-state index in [-0.39, 0.29) is 6.04 Å². The molecule has 1 saturated heterocycles. The number of nitrogens with zero attached hydrogens (tertiary/aromatic N) is 3. The molecule has 0 aromatic carbocycles. The molecule has 0 aliphatic carbocycles. The first kappa shape index (κ1) is 12.5. The number of piperidine rings is 1. The van der Waals surface area contributed by atoms with Gasteiger partial charge in [-0.2, -0.15) is 0 Å². The second kappa shape index (κ2) is 5.56. The summed E-state index contributed by atoms with van der Waals surface area (Å²) in [7, 11) is 2.20. The summed E-state index contributed by atoms with van der Waals surface area (Å²) < 4.78 is 0. The van der Waals surface area contributed by atoms with Crippen LogP contribution >= 0.6 is 0 Å². The Morgan fingerprint density at radius 1 is 1.47 bits per heavy atom. The molecule has 0 bridgehead atoms. The minimum absolute atomic E-state index is 0.282. The first-order valence-electron chi connectivity index (χ1n) is 6.39. The van der Waals surface area contributed by atoms with E-state index in [1.807, 2.05) is 6.20 Å². The van der Waals surface area contributed by atoms with Crippen LogP contribution in [0.2, 0.25) is 0 Å². The van der Waals surface area contributed by atoms with Crippen molar-refractivity contribution in [1.29, 1.82) is 0 Å². The Labute approximate surface area is 103 Å². The van der Waals surface area contributed by atoms with Crippen molar-refractivity contribution in [3.05, 3.63) is 24.3 Å². The lowest BCUT2D eigenvalue weighted by Gasteiger charge is -2.36. The maximum absolute atomic E-state index is 4.34. The van der Waals surface area contributed by atoms with Gasteiger partial charge in [0.25, 0.3) is 0 Å². The second-order valence-electron chi connectivity index (χ2n) is 5.07. The number of aromatic nitrogens is 2. The number of nitrogens with one attached hydrogen (secondary N) is 1. The summed E-state index contributed by atoms with van der Waals surface area (Å²) in [4.78, 5) is 10.9. The zero-order chi connectivity index (χ0) is 12.3. The highest BCUT2D eigenvalue weighted by molar-refractivity contribution is 5.01. The predicted molar refractivity (Wildman–Crippen MR) is 68.7 cm³/mol. The number of likely N-dealkylation sites (tertiary alicyclic amines) is 1. The van der Waals surface area contributed by atoms with Gasteiger partial charge in [-0.3, -0.25) is 9.97 Å². The van der Waals surface area contributed by atoms with Gasteiger partial charge >= 0.3 is 0 Å². The van der Waals surface area contributed by atoms with Crippen LogP contribution in [-0.4, -0.2) is 40.5 Å². The molecule has 0 radical (unpaired) electrons. The molecule has 1 N–H and O–H groups in total. The van der Waals surface area contributed by atoms with Crippen LogP contribution in [0.25, 0.3) is 0 Å². The van der Waals surface area contributed by atoms with Crippen molar-refractivity contribution >= 4 is 0 Å². The molecule has 0 spiro atoms. The van der Waals surface area contributed by atoms with Crippen molar-refractivity contribution < 1.29 is 0 Å². The number of rotatable bonds is 3. The molecule has 1 fully saturated rings. The highest BCUT2D eigenvalue weighted by Gasteiger charge is 2.24. The average molecular weight is 234 g/mol. The van der Waals surface area contributed by atoms with Gasteiger partial charge in [-0.15, -0.1) is 0 Å². The van der Waals surface area contributed by atoms with Crippen molar-refractivity contribution in [2.24, 2.45) is 0 Å². The van der Waals surface area contributed by atoms with Crippen molar-refractivity contribution in [3.8, 4) is 0 Å². The van der Waals surface area contributed by atoms with Gasteiger partial charge in [0.2, 0.25) is 0 Å². The molecule has 17 heavy (non-hydrogen) atoms. The first-order valence-corrected chi connectivity index (χ1v) is 6.39. The molecule has 2 rings (SSSR count).